The molecule has 8 nitrogen and oxygen atoms in total. The quantitative estimate of drug-likeness (QED) is 0.457. The maximum absolute atomic E-state index is 13.5. The number of nitrogens with zero attached hydrogens (tertiary/aromatic N) is 5. The van der Waals surface area contributed by atoms with E-state index in [1.807, 2.05) is 6.07 Å². The first kappa shape index (κ1) is 27.2. The lowest BCUT2D eigenvalue weighted by molar-refractivity contribution is -0.159. The van der Waals surface area contributed by atoms with Crippen LogP contribution in [-0.2, 0) is 35.0 Å². The van der Waals surface area contributed by atoms with Crippen LogP contribution in [0, 0.1) is 11.3 Å². The SMILES string of the molecule is CCS(=O)(=O)c1cc(C(C)(C)C#N)cnc1-c1nc2cc(C(F)(F)F)n(CC(F)(F)F)c(=O)c2n1C. The molecule has 3 aromatic heterocycles. The summed E-state index contributed by atoms with van der Waals surface area (Å²) in [6.45, 7) is 2.18. The third-order valence-corrected chi connectivity index (χ3v) is 7.28. The summed E-state index contributed by atoms with van der Waals surface area (Å²) >= 11 is 0. The van der Waals surface area contributed by atoms with Crippen molar-refractivity contribution >= 4 is 20.9 Å². The Morgan fingerprint density at radius 3 is 2.22 bits per heavy atom. The van der Waals surface area contributed by atoms with Crippen molar-refractivity contribution in [3.63, 3.8) is 0 Å². The molecule has 0 fully saturated rings. The summed E-state index contributed by atoms with van der Waals surface area (Å²) in [6.07, 6.45) is -9.25. The zero-order valence-electron chi connectivity index (χ0n) is 19.3. The van der Waals surface area contributed by atoms with Crippen LogP contribution < -0.4 is 5.56 Å². The van der Waals surface area contributed by atoms with Crippen molar-refractivity contribution in [2.45, 2.75) is 50.0 Å². The molecule has 0 aliphatic heterocycles. The van der Waals surface area contributed by atoms with Crippen molar-refractivity contribution < 1.29 is 34.8 Å². The molecule has 0 N–H and O–H groups in total. The highest BCUT2D eigenvalue weighted by molar-refractivity contribution is 7.91. The first-order chi connectivity index (χ1) is 16.3. The summed E-state index contributed by atoms with van der Waals surface area (Å²) in [4.78, 5) is 20.5. The molecule has 0 aliphatic rings. The van der Waals surface area contributed by atoms with Crippen molar-refractivity contribution in [1.29, 1.82) is 5.26 Å². The lowest BCUT2D eigenvalue weighted by Gasteiger charge is -2.18. The van der Waals surface area contributed by atoms with Gasteiger partial charge in [0.05, 0.1) is 27.6 Å². The van der Waals surface area contributed by atoms with Crippen molar-refractivity contribution in [2.75, 3.05) is 5.75 Å². The number of nitriles is 1. The summed E-state index contributed by atoms with van der Waals surface area (Å²) < 4.78 is 106. The summed E-state index contributed by atoms with van der Waals surface area (Å²) in [5, 5.41) is 9.40. The Morgan fingerprint density at radius 1 is 1.11 bits per heavy atom. The van der Waals surface area contributed by atoms with Gasteiger partial charge >= 0.3 is 12.4 Å². The normalized spacial score (nSPS) is 13.2. The molecule has 0 saturated carbocycles. The van der Waals surface area contributed by atoms with Crippen LogP contribution in [0.2, 0.25) is 0 Å². The predicted molar refractivity (Wildman–Crippen MR) is 116 cm³/mol. The number of aromatic nitrogens is 4. The standard InChI is InChI=1S/C21H19F6N5O3S/c1-5-36(34,35)13-6-11(19(2,3)9-28)8-29-15(13)17-30-12-7-14(21(25,26)27)32(10-20(22,23)24)18(33)16(12)31(17)4/h6-8H,5,10H2,1-4H3. The number of imidazole rings is 1. The van der Waals surface area contributed by atoms with Gasteiger partial charge in [-0.2, -0.15) is 31.6 Å². The number of sulfone groups is 1. The van der Waals surface area contributed by atoms with Crippen LogP contribution in [0.4, 0.5) is 26.3 Å². The first-order valence-electron chi connectivity index (χ1n) is 10.2. The van der Waals surface area contributed by atoms with Crippen LogP contribution in [0.3, 0.4) is 0 Å². The highest BCUT2D eigenvalue weighted by Crippen LogP contribution is 2.35. The number of aryl methyl sites for hydroxylation is 1. The van der Waals surface area contributed by atoms with E-state index >= 15 is 0 Å². The Morgan fingerprint density at radius 2 is 1.72 bits per heavy atom. The van der Waals surface area contributed by atoms with Crippen molar-refractivity contribution in [3.8, 4) is 17.6 Å². The van der Waals surface area contributed by atoms with Crippen LogP contribution >= 0.6 is 0 Å². The van der Waals surface area contributed by atoms with E-state index in [-0.39, 0.29) is 17.1 Å². The smallest absolute Gasteiger partial charge is 0.321 e. The van der Waals surface area contributed by atoms with Gasteiger partial charge < -0.3 is 4.57 Å². The molecule has 3 aromatic rings. The maximum Gasteiger partial charge on any atom is 0.431 e. The van der Waals surface area contributed by atoms with Gasteiger partial charge in [0, 0.05) is 13.2 Å². The minimum absolute atomic E-state index is 0.228. The van der Waals surface area contributed by atoms with Gasteiger partial charge in [0.1, 0.15) is 23.4 Å². The van der Waals surface area contributed by atoms with E-state index in [1.54, 1.807) is 0 Å². The molecule has 194 valence electrons. The van der Waals surface area contributed by atoms with Gasteiger partial charge in [-0.1, -0.05) is 6.92 Å². The molecule has 15 heteroatoms. The Labute approximate surface area is 200 Å². The second-order valence-electron chi connectivity index (χ2n) is 8.47. The van der Waals surface area contributed by atoms with Crippen LogP contribution in [0.25, 0.3) is 22.6 Å². The number of pyridine rings is 2. The minimum atomic E-state index is -5.31. The number of fused-ring (bicyclic) bond motifs is 1. The van der Waals surface area contributed by atoms with Gasteiger partial charge in [0.25, 0.3) is 5.56 Å². The molecular formula is C21H19F6N5O3S. The Hall–Kier alpha value is -3.41. The van der Waals surface area contributed by atoms with Crippen LogP contribution in [0.1, 0.15) is 32.0 Å². The van der Waals surface area contributed by atoms with E-state index in [9.17, 15) is 44.8 Å². The topological polar surface area (TPSA) is 111 Å². The fourth-order valence-corrected chi connectivity index (χ4v) is 4.57. The van der Waals surface area contributed by atoms with Gasteiger partial charge in [0.15, 0.2) is 15.7 Å². The Bertz CT molecular complexity index is 1560. The molecule has 36 heavy (non-hydrogen) atoms. The third kappa shape index (κ3) is 4.81. The summed E-state index contributed by atoms with van der Waals surface area (Å²) in [6, 6.07) is 3.49. The zero-order valence-corrected chi connectivity index (χ0v) is 20.1. The van der Waals surface area contributed by atoms with E-state index in [0.717, 1.165) is 11.6 Å². The first-order valence-corrected chi connectivity index (χ1v) is 11.9. The van der Waals surface area contributed by atoms with E-state index in [1.165, 1.54) is 33.0 Å². The van der Waals surface area contributed by atoms with E-state index in [4.69, 9.17) is 0 Å². The summed E-state index contributed by atoms with van der Waals surface area (Å²) in [7, 11) is -2.89. The number of hydrogen-bond donors (Lipinski definition) is 0. The number of halogens is 6. The molecule has 0 atom stereocenters. The summed E-state index contributed by atoms with van der Waals surface area (Å²) in [5.74, 6) is -0.758. The second-order valence-corrected chi connectivity index (χ2v) is 10.7. The number of alkyl halides is 6. The molecule has 0 bridgehead atoms. The van der Waals surface area contributed by atoms with Crippen LogP contribution in [0.15, 0.2) is 28.0 Å². The minimum Gasteiger partial charge on any atom is -0.321 e. The van der Waals surface area contributed by atoms with Crippen LogP contribution in [0.5, 0.6) is 0 Å². The Kier molecular flexibility index (Phi) is 6.50. The van der Waals surface area contributed by atoms with E-state index in [2.05, 4.69) is 9.97 Å². The average molecular weight is 535 g/mol. The van der Waals surface area contributed by atoms with Crippen molar-refractivity contribution in [2.24, 2.45) is 7.05 Å². The molecule has 0 radical (unpaired) electrons. The largest absolute Gasteiger partial charge is 0.431 e. The lowest BCUT2D eigenvalue weighted by Crippen LogP contribution is -2.34. The molecular weight excluding hydrogens is 516 g/mol. The molecule has 0 aromatic carbocycles. The monoisotopic (exact) mass is 535 g/mol. The fraction of sp³-hybridized carbons (Fsp3) is 0.429. The molecule has 0 unspecified atom stereocenters. The van der Waals surface area contributed by atoms with Crippen molar-refractivity contribution in [3.05, 3.63) is 39.9 Å². The summed E-state index contributed by atoms with van der Waals surface area (Å²) in [5.41, 5.74) is -5.92. The molecule has 3 heterocycles. The van der Waals surface area contributed by atoms with Gasteiger partial charge in [-0.05, 0) is 31.5 Å². The van der Waals surface area contributed by atoms with Gasteiger partial charge in [-0.3, -0.25) is 14.3 Å². The maximum atomic E-state index is 13.5. The van der Waals surface area contributed by atoms with Crippen molar-refractivity contribution in [1.82, 2.24) is 19.1 Å². The van der Waals surface area contributed by atoms with Gasteiger partial charge in [0.2, 0.25) is 0 Å². The predicted octanol–water partition coefficient (Wildman–Crippen LogP) is 3.97. The van der Waals surface area contributed by atoms with Crippen LogP contribution in [-0.4, -0.2) is 39.4 Å². The fourth-order valence-electron chi connectivity index (χ4n) is 3.51. The highest BCUT2D eigenvalue weighted by atomic mass is 32.2. The molecule has 0 saturated heterocycles. The molecule has 3 rings (SSSR count). The Balaban J connectivity index is 2.43. The molecule has 0 amide bonds. The van der Waals surface area contributed by atoms with E-state index in [0.29, 0.717) is 6.07 Å². The lowest BCUT2D eigenvalue weighted by atomic mass is 9.87. The highest BCUT2D eigenvalue weighted by Gasteiger charge is 2.40. The third-order valence-electron chi connectivity index (χ3n) is 5.54. The van der Waals surface area contributed by atoms with Gasteiger partial charge in [-0.25, -0.2) is 13.4 Å². The number of rotatable bonds is 5. The average Bonchev–Trinajstić information content (AvgIpc) is 3.10. The van der Waals surface area contributed by atoms with E-state index < -0.39 is 71.7 Å². The zero-order chi connectivity index (χ0) is 27.4. The van der Waals surface area contributed by atoms with Gasteiger partial charge in [-0.15, -0.1) is 0 Å². The number of hydrogen-bond acceptors (Lipinski definition) is 6. The molecule has 0 spiro atoms. The molecule has 0 aliphatic carbocycles. The second kappa shape index (κ2) is 8.61.